The highest BCUT2D eigenvalue weighted by Crippen LogP contribution is 2.10. The van der Waals surface area contributed by atoms with E-state index in [2.05, 4.69) is 17.6 Å². The molecule has 122 valence electrons. The Kier molecular flexibility index (Phi) is 7.05. The minimum Gasteiger partial charge on any atom is -0.346 e. The van der Waals surface area contributed by atoms with E-state index in [0.29, 0.717) is 0 Å². The van der Waals surface area contributed by atoms with Gasteiger partial charge in [0.1, 0.15) is 0 Å². The van der Waals surface area contributed by atoms with Gasteiger partial charge in [0.2, 0.25) is 11.8 Å². The van der Waals surface area contributed by atoms with Crippen LogP contribution in [0.4, 0.5) is 5.69 Å². The number of nitrogens with zero attached hydrogens (tertiary/aromatic N) is 1. The minimum atomic E-state index is -0.239. The van der Waals surface area contributed by atoms with Crippen molar-refractivity contribution in [2.45, 2.75) is 33.2 Å². The Balaban J connectivity index is 2.49. The molecule has 1 atom stereocenters. The number of aryl methyl sites for hydroxylation is 1. The van der Waals surface area contributed by atoms with Crippen molar-refractivity contribution < 1.29 is 9.59 Å². The van der Waals surface area contributed by atoms with Crippen molar-refractivity contribution in [2.24, 2.45) is 5.92 Å². The summed E-state index contributed by atoms with van der Waals surface area (Å²) in [5.41, 5.74) is 1.96. The summed E-state index contributed by atoms with van der Waals surface area (Å²) in [7, 11) is 3.72. The van der Waals surface area contributed by atoms with Crippen LogP contribution in [0.3, 0.4) is 0 Å². The molecule has 0 aliphatic carbocycles. The number of likely N-dealkylation sites (N-methyl/N-ethyl adjacent to an activating group) is 1. The van der Waals surface area contributed by atoms with Crippen LogP contribution in [0.2, 0.25) is 0 Å². The number of nitrogens with one attached hydrogen (secondary N) is 2. The Bertz CT molecular complexity index is 487. The van der Waals surface area contributed by atoms with Crippen molar-refractivity contribution in [3.8, 4) is 0 Å². The predicted molar refractivity (Wildman–Crippen MR) is 89.8 cm³/mol. The maximum absolute atomic E-state index is 12.1. The lowest BCUT2D eigenvalue weighted by Crippen LogP contribution is -2.48. The first-order chi connectivity index (χ1) is 10.3. The van der Waals surface area contributed by atoms with Gasteiger partial charge in [0.15, 0.2) is 0 Å². The summed E-state index contributed by atoms with van der Waals surface area (Å²) in [5, 5.41) is 5.47. The average Bonchev–Trinajstić information content (AvgIpc) is 2.45. The van der Waals surface area contributed by atoms with Gasteiger partial charge in [0.25, 0.3) is 0 Å². The number of rotatable bonds is 7. The molecule has 0 saturated carbocycles. The third-order valence-electron chi connectivity index (χ3n) is 3.53. The lowest BCUT2D eigenvalue weighted by atomic mass is 10.0. The van der Waals surface area contributed by atoms with Crippen molar-refractivity contribution in [1.29, 1.82) is 0 Å². The van der Waals surface area contributed by atoms with Crippen LogP contribution in [-0.2, 0) is 16.0 Å². The van der Waals surface area contributed by atoms with Crippen LogP contribution in [0, 0.1) is 5.92 Å². The molecule has 2 N–H and O–H groups in total. The van der Waals surface area contributed by atoms with Crippen molar-refractivity contribution in [2.75, 3.05) is 26.0 Å². The van der Waals surface area contributed by atoms with Gasteiger partial charge in [0.05, 0.1) is 12.6 Å². The number of hydrogen-bond donors (Lipinski definition) is 2. The molecule has 0 heterocycles. The van der Waals surface area contributed by atoms with E-state index in [1.807, 2.05) is 57.1 Å². The summed E-state index contributed by atoms with van der Waals surface area (Å²) in [5.74, 6) is -0.171. The molecule has 0 radical (unpaired) electrons. The van der Waals surface area contributed by atoms with E-state index in [1.54, 1.807) is 0 Å². The van der Waals surface area contributed by atoms with Gasteiger partial charge in [-0.3, -0.25) is 14.5 Å². The highest BCUT2D eigenvalue weighted by molar-refractivity contribution is 5.95. The summed E-state index contributed by atoms with van der Waals surface area (Å²) in [6.07, 6.45) is 0.964. The van der Waals surface area contributed by atoms with Crippen LogP contribution >= 0.6 is 0 Å². The molecule has 1 aromatic carbocycles. The Morgan fingerprint density at radius 2 is 1.73 bits per heavy atom. The highest BCUT2D eigenvalue weighted by atomic mass is 16.2. The zero-order valence-electron chi connectivity index (χ0n) is 14.1. The summed E-state index contributed by atoms with van der Waals surface area (Å²) in [6.45, 7) is 6.03. The first-order valence-electron chi connectivity index (χ1n) is 7.68. The number of benzene rings is 1. The molecule has 1 rings (SSSR count). The van der Waals surface area contributed by atoms with Crippen LogP contribution in [0.15, 0.2) is 24.3 Å². The normalized spacial score (nSPS) is 12.3. The SMILES string of the molecule is CCc1ccc(NC(=O)CNC(=O)C(C(C)C)N(C)C)cc1. The zero-order valence-corrected chi connectivity index (χ0v) is 14.1. The molecular weight excluding hydrogens is 278 g/mol. The minimum absolute atomic E-state index is 0.0224. The Morgan fingerprint density at radius 3 is 2.18 bits per heavy atom. The number of anilines is 1. The molecule has 22 heavy (non-hydrogen) atoms. The summed E-state index contributed by atoms with van der Waals surface area (Å²) in [4.78, 5) is 25.9. The number of carbonyl (C=O) groups is 2. The van der Waals surface area contributed by atoms with E-state index >= 15 is 0 Å². The molecular formula is C17H27N3O2. The van der Waals surface area contributed by atoms with Gasteiger partial charge in [-0.15, -0.1) is 0 Å². The van der Waals surface area contributed by atoms with Crippen LogP contribution in [-0.4, -0.2) is 43.4 Å². The van der Waals surface area contributed by atoms with E-state index in [0.717, 1.165) is 12.1 Å². The molecule has 2 amide bonds. The van der Waals surface area contributed by atoms with Crippen molar-refractivity contribution in [3.63, 3.8) is 0 Å². The highest BCUT2D eigenvalue weighted by Gasteiger charge is 2.24. The third-order valence-corrected chi connectivity index (χ3v) is 3.53. The third kappa shape index (κ3) is 5.48. The second kappa shape index (κ2) is 8.54. The maximum atomic E-state index is 12.1. The monoisotopic (exact) mass is 305 g/mol. The first-order valence-corrected chi connectivity index (χ1v) is 7.68. The standard InChI is InChI=1S/C17H27N3O2/c1-6-13-7-9-14(10-8-13)19-15(21)11-18-17(22)16(12(2)3)20(4)5/h7-10,12,16H,6,11H2,1-5H3,(H,18,22)(H,19,21). The molecule has 1 aromatic rings. The Morgan fingerprint density at radius 1 is 1.14 bits per heavy atom. The number of hydrogen-bond acceptors (Lipinski definition) is 3. The lowest BCUT2D eigenvalue weighted by Gasteiger charge is -2.26. The second-order valence-electron chi connectivity index (χ2n) is 5.97. The summed E-state index contributed by atoms with van der Waals surface area (Å²) < 4.78 is 0. The molecule has 5 heteroatoms. The average molecular weight is 305 g/mol. The van der Waals surface area contributed by atoms with Crippen molar-refractivity contribution in [1.82, 2.24) is 10.2 Å². The largest absolute Gasteiger partial charge is 0.346 e. The Labute approximate surface area is 133 Å². The van der Waals surface area contributed by atoms with E-state index in [9.17, 15) is 9.59 Å². The van der Waals surface area contributed by atoms with Gasteiger partial charge in [-0.1, -0.05) is 32.9 Å². The topological polar surface area (TPSA) is 61.4 Å². The van der Waals surface area contributed by atoms with Gasteiger partial charge in [0, 0.05) is 5.69 Å². The molecule has 0 bridgehead atoms. The molecule has 0 spiro atoms. The van der Waals surface area contributed by atoms with Gasteiger partial charge < -0.3 is 10.6 Å². The second-order valence-corrected chi connectivity index (χ2v) is 5.97. The van der Waals surface area contributed by atoms with Crippen LogP contribution < -0.4 is 10.6 Å². The smallest absolute Gasteiger partial charge is 0.243 e. The molecule has 0 aliphatic rings. The molecule has 0 aromatic heterocycles. The molecule has 0 fully saturated rings. The van der Waals surface area contributed by atoms with E-state index in [1.165, 1.54) is 5.56 Å². The molecule has 0 saturated heterocycles. The number of carbonyl (C=O) groups excluding carboxylic acids is 2. The zero-order chi connectivity index (χ0) is 16.7. The van der Waals surface area contributed by atoms with Gasteiger partial charge >= 0.3 is 0 Å². The van der Waals surface area contributed by atoms with Crippen LogP contribution in [0.5, 0.6) is 0 Å². The van der Waals surface area contributed by atoms with Crippen LogP contribution in [0.25, 0.3) is 0 Å². The maximum Gasteiger partial charge on any atom is 0.243 e. The molecule has 0 aliphatic heterocycles. The Hall–Kier alpha value is -1.88. The number of amides is 2. The predicted octanol–water partition coefficient (Wildman–Crippen LogP) is 1.89. The molecule has 5 nitrogen and oxygen atoms in total. The fraction of sp³-hybridized carbons (Fsp3) is 0.529. The fourth-order valence-corrected chi connectivity index (χ4v) is 2.43. The van der Waals surface area contributed by atoms with Crippen molar-refractivity contribution >= 4 is 17.5 Å². The fourth-order valence-electron chi connectivity index (χ4n) is 2.43. The lowest BCUT2D eigenvalue weighted by molar-refractivity contribution is -0.128. The quantitative estimate of drug-likeness (QED) is 0.808. The van der Waals surface area contributed by atoms with Crippen LogP contribution in [0.1, 0.15) is 26.3 Å². The first kappa shape index (κ1) is 18.2. The van der Waals surface area contributed by atoms with Crippen molar-refractivity contribution in [3.05, 3.63) is 29.8 Å². The van der Waals surface area contributed by atoms with Gasteiger partial charge in [-0.2, -0.15) is 0 Å². The molecule has 1 unspecified atom stereocenters. The summed E-state index contributed by atoms with van der Waals surface area (Å²) >= 11 is 0. The van der Waals surface area contributed by atoms with E-state index in [4.69, 9.17) is 0 Å². The van der Waals surface area contributed by atoms with Gasteiger partial charge in [-0.05, 0) is 44.1 Å². The van der Waals surface area contributed by atoms with Gasteiger partial charge in [-0.25, -0.2) is 0 Å². The van der Waals surface area contributed by atoms with E-state index < -0.39 is 0 Å². The summed E-state index contributed by atoms with van der Waals surface area (Å²) in [6, 6.07) is 7.46. The van der Waals surface area contributed by atoms with E-state index in [-0.39, 0.29) is 30.3 Å².